The highest BCUT2D eigenvalue weighted by molar-refractivity contribution is 7.89. The van der Waals surface area contributed by atoms with E-state index in [1.165, 1.54) is 32.3 Å². The summed E-state index contributed by atoms with van der Waals surface area (Å²) in [5.41, 5.74) is 1.07. The molecular weight excluding hydrogens is 420 g/mol. The first kappa shape index (κ1) is 22.7. The van der Waals surface area contributed by atoms with E-state index in [4.69, 9.17) is 21.1 Å². The van der Waals surface area contributed by atoms with Crippen LogP contribution in [0, 0.1) is 6.92 Å². The minimum atomic E-state index is -3.78. The van der Waals surface area contributed by atoms with Gasteiger partial charge in [0.25, 0.3) is 5.91 Å². The molecule has 156 valence electrons. The number of nitrogens with one attached hydrogen (secondary N) is 1. The Morgan fingerprint density at radius 3 is 2.45 bits per heavy atom. The molecule has 0 spiro atoms. The Balaban J connectivity index is 1.91. The van der Waals surface area contributed by atoms with Crippen LogP contribution in [-0.4, -0.2) is 51.9 Å². The number of esters is 1. The number of nitrogens with zero attached hydrogens (tertiary/aromatic N) is 1. The van der Waals surface area contributed by atoms with Gasteiger partial charge in [-0.3, -0.25) is 4.79 Å². The van der Waals surface area contributed by atoms with E-state index in [9.17, 15) is 18.0 Å². The molecule has 0 unspecified atom stereocenters. The summed E-state index contributed by atoms with van der Waals surface area (Å²) in [4.78, 5) is 23.6. The molecular formula is C19H21ClN2O6S. The molecule has 0 aliphatic heterocycles. The Morgan fingerprint density at radius 1 is 1.10 bits per heavy atom. The number of anilines is 1. The molecule has 0 saturated carbocycles. The van der Waals surface area contributed by atoms with E-state index in [-0.39, 0.29) is 22.2 Å². The highest BCUT2D eigenvalue weighted by atomic mass is 35.5. The molecule has 0 bridgehead atoms. The van der Waals surface area contributed by atoms with Crippen LogP contribution in [0.15, 0.2) is 47.4 Å². The summed E-state index contributed by atoms with van der Waals surface area (Å²) in [6.45, 7) is 0.948. The molecule has 2 aromatic carbocycles. The molecule has 0 aliphatic rings. The van der Waals surface area contributed by atoms with E-state index in [2.05, 4.69) is 5.32 Å². The van der Waals surface area contributed by atoms with Gasteiger partial charge >= 0.3 is 5.97 Å². The number of hydrogen-bond donors (Lipinski definition) is 1. The van der Waals surface area contributed by atoms with Crippen molar-refractivity contribution in [1.29, 1.82) is 0 Å². The van der Waals surface area contributed by atoms with Crippen molar-refractivity contribution in [2.45, 2.75) is 11.8 Å². The van der Waals surface area contributed by atoms with Crippen molar-refractivity contribution in [3.8, 4) is 5.75 Å². The molecule has 10 heteroatoms. The quantitative estimate of drug-likeness (QED) is 0.632. The largest absolute Gasteiger partial charge is 0.482 e. The average molecular weight is 441 g/mol. The molecule has 0 atom stereocenters. The second-order valence-electron chi connectivity index (χ2n) is 6.20. The molecule has 0 heterocycles. The van der Waals surface area contributed by atoms with Crippen LogP contribution in [0.25, 0.3) is 0 Å². The van der Waals surface area contributed by atoms with Crippen LogP contribution in [0.4, 0.5) is 5.69 Å². The fourth-order valence-corrected chi connectivity index (χ4v) is 3.61. The van der Waals surface area contributed by atoms with Gasteiger partial charge in [-0.15, -0.1) is 0 Å². The van der Waals surface area contributed by atoms with E-state index in [1.54, 1.807) is 12.1 Å². The molecule has 1 N–H and O–H groups in total. The number of carbonyl (C=O) groups excluding carboxylic acids is 2. The van der Waals surface area contributed by atoms with Gasteiger partial charge in [-0.25, -0.2) is 17.5 Å². The maximum absolute atomic E-state index is 12.3. The third kappa shape index (κ3) is 6.18. The number of aryl methyl sites for hydroxylation is 1. The smallest absolute Gasteiger partial charge is 0.344 e. The van der Waals surface area contributed by atoms with Gasteiger partial charge < -0.3 is 14.8 Å². The molecule has 0 saturated heterocycles. The Labute approximate surface area is 174 Å². The van der Waals surface area contributed by atoms with Gasteiger partial charge in [-0.2, -0.15) is 0 Å². The lowest BCUT2D eigenvalue weighted by Crippen LogP contribution is -2.24. The summed E-state index contributed by atoms with van der Waals surface area (Å²) in [5.74, 6) is -0.801. The van der Waals surface area contributed by atoms with Crippen molar-refractivity contribution in [2.24, 2.45) is 0 Å². The van der Waals surface area contributed by atoms with Crippen LogP contribution in [0.2, 0.25) is 5.02 Å². The third-order valence-electron chi connectivity index (χ3n) is 3.78. The van der Waals surface area contributed by atoms with Crippen LogP contribution in [0.3, 0.4) is 0 Å². The molecule has 2 rings (SSSR count). The number of hydrogen-bond acceptors (Lipinski definition) is 6. The van der Waals surface area contributed by atoms with Gasteiger partial charge in [0.05, 0.1) is 5.02 Å². The summed E-state index contributed by atoms with van der Waals surface area (Å²) in [5, 5.41) is 2.48. The monoisotopic (exact) mass is 440 g/mol. The number of rotatable bonds is 8. The van der Waals surface area contributed by atoms with Crippen LogP contribution in [-0.2, 0) is 24.3 Å². The first-order valence-electron chi connectivity index (χ1n) is 8.47. The zero-order valence-electron chi connectivity index (χ0n) is 16.1. The topological polar surface area (TPSA) is 102 Å². The summed E-state index contributed by atoms with van der Waals surface area (Å²) in [7, 11) is -1.04. The van der Waals surface area contributed by atoms with Crippen LogP contribution >= 0.6 is 11.6 Å². The Bertz CT molecular complexity index is 1010. The van der Waals surface area contributed by atoms with E-state index in [1.807, 2.05) is 19.1 Å². The molecule has 0 radical (unpaired) electrons. The predicted molar refractivity (Wildman–Crippen MR) is 109 cm³/mol. The summed E-state index contributed by atoms with van der Waals surface area (Å²) in [6, 6.07) is 11.2. The lowest BCUT2D eigenvalue weighted by atomic mass is 10.2. The second kappa shape index (κ2) is 9.73. The Hall–Kier alpha value is -2.62. The van der Waals surface area contributed by atoms with Crippen molar-refractivity contribution in [1.82, 2.24) is 4.31 Å². The molecule has 0 aliphatic carbocycles. The molecule has 0 fully saturated rings. The van der Waals surface area contributed by atoms with Crippen molar-refractivity contribution in [3.05, 3.63) is 53.1 Å². The van der Waals surface area contributed by atoms with Gasteiger partial charge in [0.15, 0.2) is 13.2 Å². The number of amides is 1. The summed E-state index contributed by atoms with van der Waals surface area (Å²) in [6.07, 6.45) is 0. The van der Waals surface area contributed by atoms with Gasteiger partial charge in [0.1, 0.15) is 10.6 Å². The molecule has 8 nitrogen and oxygen atoms in total. The maximum Gasteiger partial charge on any atom is 0.344 e. The number of para-hydroxylation sites is 1. The number of benzene rings is 2. The number of ether oxygens (including phenoxy) is 2. The first-order valence-corrected chi connectivity index (χ1v) is 10.3. The zero-order valence-corrected chi connectivity index (χ0v) is 17.7. The lowest BCUT2D eigenvalue weighted by molar-refractivity contribution is -0.149. The Kier molecular flexibility index (Phi) is 7.60. The van der Waals surface area contributed by atoms with Gasteiger partial charge in [0.2, 0.25) is 10.0 Å². The molecule has 1 amide bonds. The number of halogens is 1. The minimum absolute atomic E-state index is 0.0245. The van der Waals surface area contributed by atoms with Crippen LogP contribution < -0.4 is 10.1 Å². The summed E-state index contributed by atoms with van der Waals surface area (Å²) >= 11 is 5.96. The fraction of sp³-hybridized carbons (Fsp3) is 0.263. The molecule has 0 aromatic heterocycles. The van der Waals surface area contributed by atoms with Crippen molar-refractivity contribution in [2.75, 3.05) is 32.6 Å². The standard InChI is InChI=1S/C19H21ClN2O6S/c1-13-6-4-5-7-16(13)27-12-19(24)28-11-18(23)21-14-8-9-15(20)17(10-14)29(25,26)22(2)3/h4-10H,11-12H2,1-3H3,(H,21,23). The van der Waals surface area contributed by atoms with E-state index in [0.29, 0.717) is 5.75 Å². The highest BCUT2D eigenvalue weighted by Crippen LogP contribution is 2.26. The van der Waals surface area contributed by atoms with Crippen LogP contribution in [0.1, 0.15) is 5.56 Å². The van der Waals surface area contributed by atoms with Crippen molar-refractivity contribution in [3.63, 3.8) is 0 Å². The van der Waals surface area contributed by atoms with Crippen molar-refractivity contribution < 1.29 is 27.5 Å². The predicted octanol–water partition coefficient (Wildman–Crippen LogP) is 2.46. The fourth-order valence-electron chi connectivity index (χ4n) is 2.22. The Morgan fingerprint density at radius 2 is 1.79 bits per heavy atom. The number of sulfonamides is 1. The molecule has 29 heavy (non-hydrogen) atoms. The van der Waals surface area contributed by atoms with E-state index >= 15 is 0 Å². The van der Waals surface area contributed by atoms with Crippen molar-refractivity contribution >= 4 is 39.2 Å². The first-order chi connectivity index (χ1) is 13.6. The van der Waals surface area contributed by atoms with Crippen LogP contribution in [0.5, 0.6) is 5.75 Å². The van der Waals surface area contributed by atoms with E-state index < -0.39 is 28.5 Å². The van der Waals surface area contributed by atoms with Gasteiger partial charge in [0, 0.05) is 19.8 Å². The number of carbonyl (C=O) groups is 2. The molecule has 2 aromatic rings. The highest BCUT2D eigenvalue weighted by Gasteiger charge is 2.21. The van der Waals surface area contributed by atoms with Gasteiger partial charge in [-0.1, -0.05) is 29.8 Å². The van der Waals surface area contributed by atoms with E-state index in [0.717, 1.165) is 9.87 Å². The minimum Gasteiger partial charge on any atom is -0.482 e. The maximum atomic E-state index is 12.3. The normalized spacial score (nSPS) is 11.2. The zero-order chi connectivity index (χ0) is 21.6. The lowest BCUT2D eigenvalue weighted by Gasteiger charge is -2.14. The SMILES string of the molecule is Cc1ccccc1OCC(=O)OCC(=O)Nc1ccc(Cl)c(S(=O)(=O)N(C)C)c1. The third-order valence-corrected chi connectivity index (χ3v) is 6.07. The second-order valence-corrected chi connectivity index (χ2v) is 8.72. The summed E-state index contributed by atoms with van der Waals surface area (Å²) < 4.78 is 35.8. The van der Waals surface area contributed by atoms with Gasteiger partial charge in [-0.05, 0) is 36.8 Å². The average Bonchev–Trinajstić information content (AvgIpc) is 2.67.